The standard InChI is InChI=1S/C4H5O2P/c1-2-5-6-4-7-3-1/h1-3H,4H2. The minimum atomic E-state index is 0.632. The zero-order chi connectivity index (χ0) is 4.95. The van der Waals surface area contributed by atoms with Crippen LogP contribution in [0.5, 0.6) is 0 Å². The molecule has 0 fully saturated rings. The van der Waals surface area contributed by atoms with Gasteiger partial charge in [0.25, 0.3) is 0 Å². The van der Waals surface area contributed by atoms with Crippen LogP contribution in [-0.2, 0) is 9.78 Å². The molecule has 2 nitrogen and oxygen atoms in total. The van der Waals surface area contributed by atoms with Crippen LogP contribution in [0.4, 0.5) is 0 Å². The predicted molar refractivity (Wildman–Crippen MR) is 29.2 cm³/mol. The van der Waals surface area contributed by atoms with Gasteiger partial charge in [0.2, 0.25) is 0 Å². The second-order valence-electron chi connectivity index (χ2n) is 1.00. The van der Waals surface area contributed by atoms with Crippen LogP contribution in [0.1, 0.15) is 0 Å². The van der Waals surface area contributed by atoms with Crippen LogP contribution in [0.2, 0.25) is 0 Å². The fraction of sp³-hybridized carbons (Fsp3) is 0.250. The summed E-state index contributed by atoms with van der Waals surface area (Å²) in [6, 6.07) is 0. The summed E-state index contributed by atoms with van der Waals surface area (Å²) in [6.45, 7) is 0. The van der Waals surface area contributed by atoms with Gasteiger partial charge in [0, 0.05) is 0 Å². The van der Waals surface area contributed by atoms with Gasteiger partial charge in [-0.15, -0.1) is 0 Å². The molecule has 0 aromatic carbocycles. The Hall–Kier alpha value is -0.330. The third-order valence-electron chi connectivity index (χ3n) is 0.521. The highest BCUT2D eigenvalue weighted by Crippen LogP contribution is 1.98. The normalized spacial score (nSPS) is 20.6. The van der Waals surface area contributed by atoms with E-state index in [0.29, 0.717) is 6.35 Å². The zero-order valence-electron chi connectivity index (χ0n) is 3.70. The summed E-state index contributed by atoms with van der Waals surface area (Å²) >= 11 is 0. The van der Waals surface area contributed by atoms with Crippen molar-refractivity contribution in [2.24, 2.45) is 0 Å². The molecule has 0 aliphatic carbocycles. The molecule has 0 aromatic rings. The molecular weight excluding hydrogens is 111 g/mol. The van der Waals surface area contributed by atoms with Crippen LogP contribution >= 0.6 is 8.20 Å². The van der Waals surface area contributed by atoms with Crippen molar-refractivity contribution < 1.29 is 9.78 Å². The highest BCUT2D eigenvalue weighted by atomic mass is 31.1. The van der Waals surface area contributed by atoms with Gasteiger partial charge in [0.05, 0.1) is 0 Å². The zero-order valence-corrected chi connectivity index (χ0v) is 4.60. The average molecular weight is 116 g/mol. The lowest BCUT2D eigenvalue weighted by molar-refractivity contribution is -0.230. The number of hydrogen-bond donors (Lipinski definition) is 0. The van der Waals surface area contributed by atoms with Crippen molar-refractivity contribution >= 4 is 14.0 Å². The van der Waals surface area contributed by atoms with E-state index in [4.69, 9.17) is 0 Å². The lowest BCUT2D eigenvalue weighted by Crippen LogP contribution is -1.79. The maximum Gasteiger partial charge on any atom is 0.135 e. The van der Waals surface area contributed by atoms with Gasteiger partial charge in [0.1, 0.15) is 12.6 Å². The second kappa shape index (κ2) is 2.78. The van der Waals surface area contributed by atoms with Crippen molar-refractivity contribution in [2.75, 3.05) is 6.35 Å². The molecule has 1 rings (SSSR count). The molecular formula is C4H5O2P. The molecule has 0 atom stereocenters. The van der Waals surface area contributed by atoms with E-state index in [1.54, 1.807) is 0 Å². The summed E-state index contributed by atoms with van der Waals surface area (Å²) in [5.74, 6) is 1.97. The van der Waals surface area contributed by atoms with Gasteiger partial charge in [-0.05, 0) is 11.9 Å². The molecule has 0 saturated carbocycles. The van der Waals surface area contributed by atoms with E-state index < -0.39 is 0 Å². The topological polar surface area (TPSA) is 18.5 Å². The van der Waals surface area contributed by atoms with Gasteiger partial charge in [0.15, 0.2) is 0 Å². The van der Waals surface area contributed by atoms with Crippen LogP contribution in [0.3, 0.4) is 0 Å². The van der Waals surface area contributed by atoms with Gasteiger partial charge in [-0.25, -0.2) is 0 Å². The Kier molecular flexibility index (Phi) is 1.91. The quantitative estimate of drug-likeness (QED) is 0.349. The van der Waals surface area contributed by atoms with Crippen molar-refractivity contribution in [3.05, 3.63) is 12.3 Å². The van der Waals surface area contributed by atoms with E-state index in [1.807, 2.05) is 11.9 Å². The minimum absolute atomic E-state index is 0.632. The Morgan fingerprint density at radius 1 is 1.57 bits per heavy atom. The maximum atomic E-state index is 4.56. The highest BCUT2D eigenvalue weighted by Gasteiger charge is 1.80. The lowest BCUT2D eigenvalue weighted by atomic mass is 10.7. The molecule has 0 spiro atoms. The van der Waals surface area contributed by atoms with Crippen LogP contribution in [0, 0.1) is 0 Å². The lowest BCUT2D eigenvalue weighted by Gasteiger charge is -1.89. The summed E-state index contributed by atoms with van der Waals surface area (Å²) in [4.78, 5) is 9.04. The smallest absolute Gasteiger partial charge is 0.135 e. The molecule has 7 heavy (non-hydrogen) atoms. The molecule has 3 heteroatoms. The first kappa shape index (κ1) is 4.82. The van der Waals surface area contributed by atoms with E-state index in [2.05, 4.69) is 9.78 Å². The van der Waals surface area contributed by atoms with E-state index in [9.17, 15) is 0 Å². The van der Waals surface area contributed by atoms with E-state index in [0.717, 1.165) is 8.20 Å². The fourth-order valence-corrected chi connectivity index (χ4v) is 0.671. The SMILES string of the molecule is C1=COOCP=C1. The van der Waals surface area contributed by atoms with E-state index in [1.165, 1.54) is 6.26 Å². The fourth-order valence-electron chi connectivity index (χ4n) is 0.271. The van der Waals surface area contributed by atoms with Crippen molar-refractivity contribution in [1.82, 2.24) is 0 Å². The van der Waals surface area contributed by atoms with Crippen molar-refractivity contribution in [2.45, 2.75) is 0 Å². The second-order valence-corrected chi connectivity index (χ2v) is 1.92. The summed E-state index contributed by atoms with van der Waals surface area (Å²) in [5, 5.41) is 0. The Bertz CT molecular complexity index is 85.9. The van der Waals surface area contributed by atoms with E-state index >= 15 is 0 Å². The van der Waals surface area contributed by atoms with Crippen LogP contribution < -0.4 is 0 Å². The molecule has 0 bridgehead atoms. The monoisotopic (exact) mass is 116 g/mol. The number of hydrogen-bond acceptors (Lipinski definition) is 2. The Morgan fingerprint density at radius 3 is 3.57 bits per heavy atom. The van der Waals surface area contributed by atoms with Crippen LogP contribution in [-0.4, -0.2) is 12.1 Å². The summed E-state index contributed by atoms with van der Waals surface area (Å²) in [6.07, 6.45) is 3.96. The first-order valence-corrected chi connectivity index (χ1v) is 3.08. The molecule has 0 saturated heterocycles. The first-order chi connectivity index (χ1) is 3.50. The summed E-state index contributed by atoms with van der Waals surface area (Å²) in [7, 11) is 1.15. The highest BCUT2D eigenvalue weighted by molar-refractivity contribution is 7.38. The minimum Gasteiger partial charge on any atom is -0.345 e. The molecule has 1 aliphatic rings. The first-order valence-electron chi connectivity index (χ1n) is 1.93. The van der Waals surface area contributed by atoms with E-state index in [-0.39, 0.29) is 0 Å². The van der Waals surface area contributed by atoms with Gasteiger partial charge in [-0.1, -0.05) is 8.20 Å². The Balaban J connectivity index is 2.39. The van der Waals surface area contributed by atoms with Crippen LogP contribution in [0.25, 0.3) is 0 Å². The van der Waals surface area contributed by atoms with Gasteiger partial charge in [-0.3, -0.25) is 0 Å². The van der Waals surface area contributed by atoms with Gasteiger partial charge < -0.3 is 4.89 Å². The predicted octanol–water partition coefficient (Wildman–Crippen LogP) is 1.17. The van der Waals surface area contributed by atoms with Crippen molar-refractivity contribution in [1.29, 1.82) is 0 Å². The van der Waals surface area contributed by atoms with Crippen LogP contribution in [0.15, 0.2) is 12.3 Å². The molecule has 0 radical (unpaired) electrons. The van der Waals surface area contributed by atoms with Crippen molar-refractivity contribution in [3.8, 4) is 0 Å². The average Bonchev–Trinajstić information content (AvgIpc) is 1.90. The number of allylic oxidation sites excluding steroid dienone is 1. The molecule has 1 aliphatic heterocycles. The van der Waals surface area contributed by atoms with Crippen molar-refractivity contribution in [3.63, 3.8) is 0 Å². The molecule has 0 N–H and O–H groups in total. The third-order valence-corrected chi connectivity index (χ3v) is 1.16. The molecule has 0 aromatic heterocycles. The number of rotatable bonds is 0. The summed E-state index contributed by atoms with van der Waals surface area (Å²) < 4.78 is 0. The Labute approximate surface area is 43.5 Å². The maximum absolute atomic E-state index is 4.56. The summed E-state index contributed by atoms with van der Waals surface area (Å²) in [5.41, 5.74) is 0. The molecule has 0 amide bonds. The third kappa shape index (κ3) is 1.72. The molecule has 1 heterocycles. The van der Waals surface area contributed by atoms with Gasteiger partial charge in [-0.2, -0.15) is 4.89 Å². The molecule has 38 valence electrons. The van der Waals surface area contributed by atoms with Gasteiger partial charge >= 0.3 is 0 Å². The Morgan fingerprint density at radius 2 is 2.57 bits per heavy atom. The largest absolute Gasteiger partial charge is 0.345 e. The molecule has 0 unspecified atom stereocenters.